The van der Waals surface area contributed by atoms with Crippen molar-refractivity contribution in [2.75, 3.05) is 18.8 Å². The molecule has 0 spiro atoms. The lowest BCUT2D eigenvalue weighted by molar-refractivity contribution is 0.271. The van der Waals surface area contributed by atoms with Crippen LogP contribution in [-0.4, -0.2) is 18.0 Å². The molecule has 2 N–H and O–H groups in total. The van der Waals surface area contributed by atoms with E-state index < -0.39 is 0 Å². The molecule has 0 saturated carbocycles. The maximum Gasteiger partial charge on any atom is 0.0348 e. The van der Waals surface area contributed by atoms with E-state index in [0.717, 1.165) is 12.2 Å². The molecular weight excluding hydrogens is 172 g/mol. The summed E-state index contributed by atoms with van der Waals surface area (Å²) in [5.74, 6) is 0. The maximum atomic E-state index is 5.68. The molecule has 0 aliphatic carbocycles. The van der Waals surface area contributed by atoms with E-state index in [1.807, 2.05) is 12.1 Å². The highest BCUT2D eigenvalue weighted by Gasteiger charge is 2.23. The summed E-state index contributed by atoms with van der Waals surface area (Å²) >= 11 is 0. The minimum atomic E-state index is 0.626. The highest BCUT2D eigenvalue weighted by molar-refractivity contribution is 5.40. The van der Waals surface area contributed by atoms with Crippen molar-refractivity contribution in [2.24, 2.45) is 0 Å². The number of benzene rings is 1. The Balaban J connectivity index is 2.17. The van der Waals surface area contributed by atoms with Gasteiger partial charge in [0.25, 0.3) is 0 Å². The number of hydrogen-bond acceptors (Lipinski definition) is 2. The van der Waals surface area contributed by atoms with Crippen molar-refractivity contribution in [2.45, 2.75) is 25.8 Å². The van der Waals surface area contributed by atoms with Gasteiger partial charge >= 0.3 is 0 Å². The minimum absolute atomic E-state index is 0.626. The van der Waals surface area contributed by atoms with Crippen LogP contribution >= 0.6 is 0 Å². The van der Waals surface area contributed by atoms with E-state index in [9.17, 15) is 0 Å². The van der Waals surface area contributed by atoms with E-state index in [4.69, 9.17) is 5.73 Å². The van der Waals surface area contributed by atoms with Gasteiger partial charge in [0.2, 0.25) is 0 Å². The molecular formula is C12H18N2. The second kappa shape index (κ2) is 4.01. The molecule has 0 radical (unpaired) electrons. The molecule has 1 atom stereocenters. The third kappa shape index (κ3) is 1.75. The van der Waals surface area contributed by atoms with Crippen molar-refractivity contribution < 1.29 is 0 Å². The number of anilines is 1. The topological polar surface area (TPSA) is 29.3 Å². The first-order valence-electron chi connectivity index (χ1n) is 5.40. The molecule has 1 aromatic rings. The SMILES string of the molecule is CCN1CCCC1c1ccc(N)cc1. The monoisotopic (exact) mass is 190 g/mol. The lowest BCUT2D eigenvalue weighted by atomic mass is 10.0. The molecule has 0 aromatic heterocycles. The summed E-state index contributed by atoms with van der Waals surface area (Å²) in [6.45, 7) is 4.62. The Bertz CT molecular complexity index is 292. The molecule has 14 heavy (non-hydrogen) atoms. The van der Waals surface area contributed by atoms with Crippen LogP contribution in [-0.2, 0) is 0 Å². The summed E-state index contributed by atoms with van der Waals surface area (Å²) in [4.78, 5) is 2.53. The molecule has 1 fully saturated rings. The maximum absolute atomic E-state index is 5.68. The molecule has 1 saturated heterocycles. The summed E-state index contributed by atoms with van der Waals surface area (Å²) in [6, 6.07) is 8.95. The van der Waals surface area contributed by atoms with Crippen molar-refractivity contribution in [1.29, 1.82) is 0 Å². The number of hydrogen-bond donors (Lipinski definition) is 1. The highest BCUT2D eigenvalue weighted by atomic mass is 15.2. The van der Waals surface area contributed by atoms with Gasteiger partial charge in [-0.3, -0.25) is 4.90 Å². The number of nitrogens with two attached hydrogens (primary N) is 1. The Morgan fingerprint density at radius 3 is 2.71 bits per heavy atom. The van der Waals surface area contributed by atoms with Crippen LogP contribution < -0.4 is 5.73 Å². The van der Waals surface area contributed by atoms with Crippen LogP contribution in [0.3, 0.4) is 0 Å². The molecule has 2 rings (SSSR count). The number of nitrogens with zero attached hydrogens (tertiary/aromatic N) is 1. The summed E-state index contributed by atoms with van der Waals surface area (Å²) in [5, 5.41) is 0. The zero-order valence-electron chi connectivity index (χ0n) is 8.74. The Hall–Kier alpha value is -1.02. The van der Waals surface area contributed by atoms with Gasteiger partial charge in [-0.2, -0.15) is 0 Å². The third-order valence-electron chi connectivity index (χ3n) is 3.09. The quantitative estimate of drug-likeness (QED) is 0.726. The minimum Gasteiger partial charge on any atom is -0.399 e. The van der Waals surface area contributed by atoms with Gasteiger partial charge in [-0.05, 0) is 43.6 Å². The van der Waals surface area contributed by atoms with Gasteiger partial charge in [-0.1, -0.05) is 19.1 Å². The summed E-state index contributed by atoms with van der Waals surface area (Å²) < 4.78 is 0. The van der Waals surface area contributed by atoms with Crippen LogP contribution in [0.15, 0.2) is 24.3 Å². The first-order valence-corrected chi connectivity index (χ1v) is 5.40. The largest absolute Gasteiger partial charge is 0.399 e. The fourth-order valence-corrected chi connectivity index (χ4v) is 2.30. The molecule has 1 aromatic carbocycles. The molecule has 2 heteroatoms. The molecule has 2 nitrogen and oxygen atoms in total. The average molecular weight is 190 g/mol. The molecule has 1 heterocycles. The van der Waals surface area contributed by atoms with Gasteiger partial charge in [-0.15, -0.1) is 0 Å². The summed E-state index contributed by atoms with van der Waals surface area (Å²) in [7, 11) is 0. The van der Waals surface area contributed by atoms with Crippen LogP contribution in [0.2, 0.25) is 0 Å². The molecule has 76 valence electrons. The first kappa shape index (κ1) is 9.53. The molecule has 0 amide bonds. The van der Waals surface area contributed by atoms with Gasteiger partial charge in [-0.25, -0.2) is 0 Å². The van der Waals surface area contributed by atoms with Gasteiger partial charge in [0, 0.05) is 11.7 Å². The normalized spacial score (nSPS) is 22.8. The zero-order valence-corrected chi connectivity index (χ0v) is 8.74. The second-order valence-corrected chi connectivity index (χ2v) is 3.95. The van der Waals surface area contributed by atoms with Gasteiger partial charge < -0.3 is 5.73 Å². The van der Waals surface area contributed by atoms with E-state index in [0.29, 0.717) is 6.04 Å². The van der Waals surface area contributed by atoms with Crippen LogP contribution in [0.4, 0.5) is 5.69 Å². The molecule has 1 aliphatic rings. The van der Waals surface area contributed by atoms with Crippen molar-refractivity contribution in [3.05, 3.63) is 29.8 Å². The fourth-order valence-electron chi connectivity index (χ4n) is 2.30. The van der Waals surface area contributed by atoms with Crippen molar-refractivity contribution in [3.8, 4) is 0 Å². The van der Waals surface area contributed by atoms with Gasteiger partial charge in [0.05, 0.1) is 0 Å². The average Bonchev–Trinajstić information content (AvgIpc) is 2.67. The van der Waals surface area contributed by atoms with Gasteiger partial charge in [0.1, 0.15) is 0 Å². The predicted molar refractivity (Wildman–Crippen MR) is 60.1 cm³/mol. The third-order valence-corrected chi connectivity index (χ3v) is 3.09. The van der Waals surface area contributed by atoms with E-state index in [2.05, 4.69) is 24.0 Å². The van der Waals surface area contributed by atoms with E-state index >= 15 is 0 Å². The van der Waals surface area contributed by atoms with Crippen LogP contribution in [0.5, 0.6) is 0 Å². The Morgan fingerprint density at radius 2 is 2.07 bits per heavy atom. The predicted octanol–water partition coefficient (Wildman–Crippen LogP) is 2.43. The first-order chi connectivity index (χ1) is 6.81. The Morgan fingerprint density at radius 1 is 1.36 bits per heavy atom. The number of nitrogen functional groups attached to an aromatic ring is 1. The fraction of sp³-hybridized carbons (Fsp3) is 0.500. The number of likely N-dealkylation sites (tertiary alicyclic amines) is 1. The molecule has 0 bridgehead atoms. The highest BCUT2D eigenvalue weighted by Crippen LogP contribution is 2.31. The van der Waals surface area contributed by atoms with Crippen molar-refractivity contribution in [1.82, 2.24) is 4.90 Å². The van der Waals surface area contributed by atoms with E-state index in [-0.39, 0.29) is 0 Å². The Kier molecular flexibility index (Phi) is 2.73. The molecule has 1 unspecified atom stereocenters. The molecule has 1 aliphatic heterocycles. The van der Waals surface area contributed by atoms with Gasteiger partial charge in [0.15, 0.2) is 0 Å². The number of rotatable bonds is 2. The summed E-state index contributed by atoms with van der Waals surface area (Å²) in [6.07, 6.45) is 2.61. The second-order valence-electron chi connectivity index (χ2n) is 3.95. The zero-order chi connectivity index (χ0) is 9.97. The Labute approximate surface area is 85.7 Å². The standard InChI is InChI=1S/C12H18N2/c1-2-14-9-3-4-12(14)10-5-7-11(13)8-6-10/h5-8,12H,2-4,9,13H2,1H3. The van der Waals surface area contributed by atoms with Crippen LogP contribution in [0.25, 0.3) is 0 Å². The lowest BCUT2D eigenvalue weighted by Gasteiger charge is -2.23. The smallest absolute Gasteiger partial charge is 0.0348 e. The summed E-state index contributed by atoms with van der Waals surface area (Å²) in [5.41, 5.74) is 7.95. The van der Waals surface area contributed by atoms with Crippen molar-refractivity contribution >= 4 is 5.69 Å². The van der Waals surface area contributed by atoms with Crippen LogP contribution in [0, 0.1) is 0 Å². The van der Waals surface area contributed by atoms with E-state index in [1.165, 1.54) is 24.9 Å². The van der Waals surface area contributed by atoms with Crippen LogP contribution in [0.1, 0.15) is 31.4 Å². The van der Waals surface area contributed by atoms with Crippen molar-refractivity contribution in [3.63, 3.8) is 0 Å². The lowest BCUT2D eigenvalue weighted by Crippen LogP contribution is -2.22. The van der Waals surface area contributed by atoms with E-state index in [1.54, 1.807) is 0 Å².